The fourth-order valence-corrected chi connectivity index (χ4v) is 2.16. The van der Waals surface area contributed by atoms with Crippen molar-refractivity contribution in [2.24, 2.45) is 0 Å². The van der Waals surface area contributed by atoms with E-state index in [1.807, 2.05) is 32.3 Å². The van der Waals surface area contributed by atoms with E-state index in [2.05, 4.69) is 52.8 Å². The van der Waals surface area contributed by atoms with Crippen LogP contribution in [0.1, 0.15) is 11.1 Å². The van der Waals surface area contributed by atoms with Gasteiger partial charge in [-0.2, -0.15) is 0 Å². The lowest BCUT2D eigenvalue weighted by atomic mass is 10.2. The number of anilines is 2. The molecule has 0 atom stereocenters. The summed E-state index contributed by atoms with van der Waals surface area (Å²) in [5.74, 6) is 0. The molecule has 3 nitrogen and oxygen atoms in total. The molecule has 0 saturated carbocycles. The minimum absolute atomic E-state index is 0.640. The number of nitrogens with one attached hydrogen (secondary N) is 2. The summed E-state index contributed by atoms with van der Waals surface area (Å²) in [6, 6.07) is 16.5. The lowest BCUT2D eigenvalue weighted by Gasteiger charge is -2.14. The van der Waals surface area contributed by atoms with Crippen LogP contribution in [0.25, 0.3) is 0 Å². The van der Waals surface area contributed by atoms with Crippen molar-refractivity contribution in [3.05, 3.63) is 59.7 Å². The van der Waals surface area contributed by atoms with Gasteiger partial charge in [0.05, 0.1) is 0 Å². The molecule has 0 fully saturated rings. The SMILES string of the molecule is Cc1ccccc1NC(=S)NCc1ccc(N(C)C)cc1. The first-order valence-corrected chi connectivity index (χ1v) is 7.34. The van der Waals surface area contributed by atoms with E-state index in [9.17, 15) is 0 Å². The van der Waals surface area contributed by atoms with Crippen molar-refractivity contribution in [2.75, 3.05) is 24.3 Å². The predicted octanol–water partition coefficient (Wildman–Crippen LogP) is 3.55. The van der Waals surface area contributed by atoms with E-state index in [0.717, 1.165) is 5.69 Å². The summed E-state index contributed by atoms with van der Waals surface area (Å²) in [6.45, 7) is 2.77. The second-order valence-corrected chi connectivity index (χ2v) is 5.59. The Hall–Kier alpha value is -2.07. The number of benzene rings is 2. The smallest absolute Gasteiger partial charge is 0.171 e. The van der Waals surface area contributed by atoms with Crippen LogP contribution in [0.3, 0.4) is 0 Å². The van der Waals surface area contributed by atoms with Crippen molar-refractivity contribution in [3.8, 4) is 0 Å². The Morgan fingerprint density at radius 3 is 2.33 bits per heavy atom. The van der Waals surface area contributed by atoms with Crippen LogP contribution >= 0.6 is 12.2 Å². The van der Waals surface area contributed by atoms with Gasteiger partial charge in [-0.1, -0.05) is 30.3 Å². The maximum atomic E-state index is 5.33. The highest BCUT2D eigenvalue weighted by Gasteiger charge is 2.01. The number of thiocarbonyl (C=S) groups is 1. The van der Waals surface area contributed by atoms with E-state index in [0.29, 0.717) is 11.7 Å². The molecule has 0 bridgehead atoms. The van der Waals surface area contributed by atoms with Gasteiger partial charge in [-0.15, -0.1) is 0 Å². The number of nitrogens with zero attached hydrogens (tertiary/aromatic N) is 1. The molecule has 21 heavy (non-hydrogen) atoms. The quantitative estimate of drug-likeness (QED) is 0.844. The standard InChI is InChI=1S/C17H21N3S/c1-13-6-4-5-7-16(13)19-17(21)18-12-14-8-10-15(11-9-14)20(2)3/h4-11H,12H2,1-3H3,(H2,18,19,21). The molecular weight excluding hydrogens is 278 g/mol. The Kier molecular flexibility index (Phi) is 5.17. The Balaban J connectivity index is 1.88. The molecule has 0 spiro atoms. The minimum Gasteiger partial charge on any atom is -0.378 e. The van der Waals surface area contributed by atoms with Crippen LogP contribution in [0.15, 0.2) is 48.5 Å². The van der Waals surface area contributed by atoms with E-state index < -0.39 is 0 Å². The highest BCUT2D eigenvalue weighted by Crippen LogP contribution is 2.14. The molecule has 0 heterocycles. The van der Waals surface area contributed by atoms with Gasteiger partial charge in [0.15, 0.2) is 5.11 Å². The summed E-state index contributed by atoms with van der Waals surface area (Å²) in [6.07, 6.45) is 0. The molecule has 2 rings (SSSR count). The van der Waals surface area contributed by atoms with Gasteiger partial charge in [0.2, 0.25) is 0 Å². The monoisotopic (exact) mass is 299 g/mol. The maximum Gasteiger partial charge on any atom is 0.171 e. The van der Waals surface area contributed by atoms with Gasteiger partial charge in [-0.3, -0.25) is 0 Å². The van der Waals surface area contributed by atoms with Crippen LogP contribution in [-0.4, -0.2) is 19.2 Å². The van der Waals surface area contributed by atoms with E-state index in [1.165, 1.54) is 16.8 Å². The summed E-state index contributed by atoms with van der Waals surface area (Å²) in [7, 11) is 4.07. The first kappa shape index (κ1) is 15.3. The molecule has 0 aliphatic rings. The van der Waals surface area contributed by atoms with E-state index in [4.69, 9.17) is 12.2 Å². The predicted molar refractivity (Wildman–Crippen MR) is 95.0 cm³/mol. The zero-order valence-electron chi connectivity index (χ0n) is 12.7. The average molecular weight is 299 g/mol. The Bertz CT molecular complexity index is 606. The van der Waals surface area contributed by atoms with Crippen LogP contribution in [0.5, 0.6) is 0 Å². The third kappa shape index (κ3) is 4.46. The Morgan fingerprint density at radius 1 is 1.05 bits per heavy atom. The first-order valence-electron chi connectivity index (χ1n) is 6.93. The number of rotatable bonds is 4. The van der Waals surface area contributed by atoms with Crippen LogP contribution in [0, 0.1) is 6.92 Å². The van der Waals surface area contributed by atoms with Crippen LogP contribution in [-0.2, 0) is 6.54 Å². The summed E-state index contributed by atoms with van der Waals surface area (Å²) < 4.78 is 0. The van der Waals surface area contributed by atoms with Gasteiger partial charge in [0.1, 0.15) is 0 Å². The average Bonchev–Trinajstić information content (AvgIpc) is 2.48. The van der Waals surface area contributed by atoms with Crippen LogP contribution in [0.4, 0.5) is 11.4 Å². The molecule has 2 aromatic rings. The van der Waals surface area contributed by atoms with Crippen LogP contribution in [0.2, 0.25) is 0 Å². The van der Waals surface area contributed by atoms with Gasteiger partial charge in [0.25, 0.3) is 0 Å². The highest BCUT2D eigenvalue weighted by molar-refractivity contribution is 7.80. The first-order chi connectivity index (χ1) is 10.1. The Morgan fingerprint density at radius 2 is 1.71 bits per heavy atom. The third-order valence-corrected chi connectivity index (χ3v) is 3.55. The van der Waals surface area contributed by atoms with E-state index in [-0.39, 0.29) is 0 Å². The largest absolute Gasteiger partial charge is 0.378 e. The topological polar surface area (TPSA) is 27.3 Å². The van der Waals surface area contributed by atoms with Crippen molar-refractivity contribution in [3.63, 3.8) is 0 Å². The maximum absolute atomic E-state index is 5.33. The number of hydrogen-bond donors (Lipinski definition) is 2. The minimum atomic E-state index is 0.640. The molecule has 0 aromatic heterocycles. The fourth-order valence-electron chi connectivity index (χ4n) is 1.97. The van der Waals surface area contributed by atoms with Gasteiger partial charge < -0.3 is 15.5 Å². The van der Waals surface area contributed by atoms with Gasteiger partial charge >= 0.3 is 0 Å². The molecular formula is C17H21N3S. The van der Waals surface area contributed by atoms with Gasteiger partial charge in [0, 0.05) is 32.0 Å². The highest BCUT2D eigenvalue weighted by atomic mass is 32.1. The molecule has 0 saturated heterocycles. The fraction of sp³-hybridized carbons (Fsp3) is 0.235. The molecule has 2 N–H and O–H groups in total. The molecule has 4 heteroatoms. The molecule has 0 radical (unpaired) electrons. The van der Waals surface area contributed by atoms with E-state index in [1.54, 1.807) is 0 Å². The summed E-state index contributed by atoms with van der Waals surface area (Å²) in [4.78, 5) is 2.08. The number of hydrogen-bond acceptors (Lipinski definition) is 2. The second kappa shape index (κ2) is 7.09. The second-order valence-electron chi connectivity index (χ2n) is 5.18. The zero-order valence-corrected chi connectivity index (χ0v) is 13.5. The summed E-state index contributed by atoms with van der Waals surface area (Å²) in [5, 5.41) is 7.09. The van der Waals surface area contributed by atoms with Crippen molar-refractivity contribution in [2.45, 2.75) is 13.5 Å². The lowest BCUT2D eigenvalue weighted by Crippen LogP contribution is -2.28. The summed E-state index contributed by atoms with van der Waals surface area (Å²) >= 11 is 5.33. The molecule has 0 aliphatic carbocycles. The van der Waals surface area contributed by atoms with Gasteiger partial charge in [-0.25, -0.2) is 0 Å². The number of aryl methyl sites for hydroxylation is 1. The molecule has 0 aliphatic heterocycles. The normalized spacial score (nSPS) is 10.0. The van der Waals surface area contributed by atoms with Crippen molar-refractivity contribution >= 4 is 28.7 Å². The summed E-state index contributed by atoms with van der Waals surface area (Å²) in [5.41, 5.74) is 4.61. The van der Waals surface area contributed by atoms with Crippen LogP contribution < -0.4 is 15.5 Å². The van der Waals surface area contributed by atoms with Crippen molar-refractivity contribution in [1.29, 1.82) is 0 Å². The molecule has 0 amide bonds. The Labute approximate surface area is 132 Å². The van der Waals surface area contributed by atoms with Gasteiger partial charge in [-0.05, 0) is 48.5 Å². The number of para-hydroxylation sites is 1. The molecule has 110 valence electrons. The molecule has 0 unspecified atom stereocenters. The van der Waals surface area contributed by atoms with Crippen molar-refractivity contribution < 1.29 is 0 Å². The van der Waals surface area contributed by atoms with E-state index >= 15 is 0 Å². The lowest BCUT2D eigenvalue weighted by molar-refractivity contribution is 0.925. The zero-order chi connectivity index (χ0) is 15.2. The third-order valence-electron chi connectivity index (χ3n) is 3.30. The molecule has 2 aromatic carbocycles. The van der Waals surface area contributed by atoms with Crippen molar-refractivity contribution in [1.82, 2.24) is 5.32 Å².